The molecule has 0 saturated carbocycles. The van der Waals surface area contributed by atoms with Crippen molar-refractivity contribution in [3.05, 3.63) is 110 Å². The fourth-order valence-electron chi connectivity index (χ4n) is 4.74. The Labute approximate surface area is 226 Å². The topological polar surface area (TPSA) is 108 Å². The van der Waals surface area contributed by atoms with Crippen molar-refractivity contribution in [2.24, 2.45) is 0 Å². The van der Waals surface area contributed by atoms with Gasteiger partial charge >= 0.3 is 0 Å². The minimum Gasteiger partial charge on any atom is -0.385 e. The van der Waals surface area contributed by atoms with Crippen LogP contribution in [0.4, 0.5) is 5.69 Å². The standard InChI is InChI=1S/C30H32N4O5/c1-5-26(32(17-8-18-39-4)29(35)22-14-13-21(3)27(19-22)34(37)38)28-31-25-10-7-6-9-24(25)30(36)33(28)23-15-11-20(2)12-16-23/h6-7,9-16,19,26H,5,8,17-18H2,1-4H3. The van der Waals surface area contributed by atoms with Gasteiger partial charge in [-0.1, -0.05) is 42.8 Å². The van der Waals surface area contributed by atoms with Crippen LogP contribution in [-0.4, -0.2) is 45.5 Å². The zero-order chi connectivity index (χ0) is 28.1. The van der Waals surface area contributed by atoms with Crippen LogP contribution in [0.2, 0.25) is 0 Å². The van der Waals surface area contributed by atoms with Gasteiger partial charge in [-0.05, 0) is 57.0 Å². The van der Waals surface area contributed by atoms with Gasteiger partial charge in [-0.2, -0.15) is 0 Å². The highest BCUT2D eigenvalue weighted by atomic mass is 16.6. The highest BCUT2D eigenvalue weighted by Crippen LogP contribution is 2.29. The summed E-state index contributed by atoms with van der Waals surface area (Å²) in [7, 11) is 1.59. The number of nitrogens with zero attached hydrogens (tertiary/aromatic N) is 4. The predicted octanol–water partition coefficient (Wildman–Crippen LogP) is 5.54. The molecule has 3 aromatic carbocycles. The first-order valence-corrected chi connectivity index (χ1v) is 12.9. The Bertz CT molecular complexity index is 1560. The monoisotopic (exact) mass is 528 g/mol. The number of hydrogen-bond acceptors (Lipinski definition) is 6. The average molecular weight is 529 g/mol. The summed E-state index contributed by atoms with van der Waals surface area (Å²) in [5.41, 5.74) is 2.56. The highest BCUT2D eigenvalue weighted by molar-refractivity contribution is 5.95. The van der Waals surface area contributed by atoms with Crippen LogP contribution < -0.4 is 5.56 Å². The molecule has 202 valence electrons. The minimum atomic E-state index is -0.590. The van der Waals surface area contributed by atoms with Crippen molar-refractivity contribution in [3.8, 4) is 5.69 Å². The molecule has 9 heteroatoms. The molecule has 39 heavy (non-hydrogen) atoms. The van der Waals surface area contributed by atoms with Gasteiger partial charge in [-0.15, -0.1) is 0 Å². The second kappa shape index (κ2) is 12.0. The molecule has 0 aliphatic carbocycles. The number of ether oxygens (including phenoxy) is 1. The molecule has 9 nitrogen and oxygen atoms in total. The fourth-order valence-corrected chi connectivity index (χ4v) is 4.74. The van der Waals surface area contributed by atoms with Crippen LogP contribution >= 0.6 is 0 Å². The SMILES string of the molecule is CCC(c1nc2ccccc2c(=O)n1-c1ccc(C)cc1)N(CCCOC)C(=O)c1ccc(C)c([N+](=O)[O-])c1. The number of benzene rings is 3. The van der Waals surface area contributed by atoms with Gasteiger partial charge in [-0.3, -0.25) is 24.3 Å². The quantitative estimate of drug-likeness (QED) is 0.152. The Kier molecular flexibility index (Phi) is 8.51. The lowest BCUT2D eigenvalue weighted by Crippen LogP contribution is -2.39. The number of para-hydroxylation sites is 1. The Hall–Kier alpha value is -4.37. The van der Waals surface area contributed by atoms with E-state index in [1.807, 2.05) is 44.2 Å². The van der Waals surface area contributed by atoms with Crippen molar-refractivity contribution >= 4 is 22.5 Å². The summed E-state index contributed by atoms with van der Waals surface area (Å²) in [6.07, 6.45) is 0.998. The Morgan fingerprint density at radius 3 is 2.49 bits per heavy atom. The van der Waals surface area contributed by atoms with E-state index in [2.05, 4.69) is 0 Å². The molecule has 0 aliphatic rings. The van der Waals surface area contributed by atoms with Gasteiger partial charge in [0, 0.05) is 37.5 Å². The van der Waals surface area contributed by atoms with Crippen LogP contribution in [0.15, 0.2) is 71.5 Å². The van der Waals surface area contributed by atoms with Gasteiger partial charge in [-0.25, -0.2) is 4.98 Å². The zero-order valence-corrected chi connectivity index (χ0v) is 22.6. The molecule has 1 atom stereocenters. The second-order valence-electron chi connectivity index (χ2n) is 9.49. The summed E-state index contributed by atoms with van der Waals surface area (Å²) in [6.45, 7) is 6.27. The molecule has 1 aromatic heterocycles. The molecule has 0 spiro atoms. The van der Waals surface area contributed by atoms with E-state index in [0.29, 0.717) is 54.0 Å². The number of carbonyl (C=O) groups is 1. The van der Waals surface area contributed by atoms with Gasteiger partial charge in [0.25, 0.3) is 17.2 Å². The molecule has 0 N–H and O–H groups in total. The van der Waals surface area contributed by atoms with Crippen molar-refractivity contribution in [1.29, 1.82) is 0 Å². The molecule has 1 amide bonds. The molecule has 0 aliphatic heterocycles. The third kappa shape index (κ3) is 5.73. The maximum atomic E-state index is 14.0. The largest absolute Gasteiger partial charge is 0.385 e. The average Bonchev–Trinajstić information content (AvgIpc) is 2.93. The van der Waals surface area contributed by atoms with Crippen LogP contribution in [-0.2, 0) is 4.74 Å². The summed E-state index contributed by atoms with van der Waals surface area (Å²) >= 11 is 0. The zero-order valence-electron chi connectivity index (χ0n) is 22.6. The molecule has 1 heterocycles. The number of rotatable bonds is 10. The van der Waals surface area contributed by atoms with Gasteiger partial charge in [0.05, 0.1) is 27.6 Å². The van der Waals surface area contributed by atoms with E-state index < -0.39 is 11.0 Å². The minimum absolute atomic E-state index is 0.119. The number of fused-ring (bicyclic) bond motifs is 1. The van der Waals surface area contributed by atoms with Gasteiger partial charge in [0.1, 0.15) is 5.82 Å². The molecule has 0 saturated heterocycles. The molecule has 4 aromatic rings. The van der Waals surface area contributed by atoms with E-state index in [0.717, 1.165) is 5.56 Å². The Morgan fingerprint density at radius 1 is 1.10 bits per heavy atom. The first-order valence-electron chi connectivity index (χ1n) is 12.9. The number of carbonyl (C=O) groups excluding carboxylic acids is 1. The van der Waals surface area contributed by atoms with Crippen molar-refractivity contribution in [3.63, 3.8) is 0 Å². The maximum Gasteiger partial charge on any atom is 0.273 e. The normalized spacial score (nSPS) is 11.9. The molecule has 0 fully saturated rings. The highest BCUT2D eigenvalue weighted by Gasteiger charge is 2.30. The van der Waals surface area contributed by atoms with Crippen molar-refractivity contribution in [2.45, 2.75) is 39.7 Å². The first-order chi connectivity index (χ1) is 18.8. The first kappa shape index (κ1) is 27.7. The molecular weight excluding hydrogens is 496 g/mol. The molecule has 4 rings (SSSR count). The van der Waals surface area contributed by atoms with Crippen LogP contribution in [0.25, 0.3) is 16.6 Å². The molecule has 1 unspecified atom stereocenters. The summed E-state index contributed by atoms with van der Waals surface area (Å²) in [6, 6.07) is 18.6. The fraction of sp³-hybridized carbons (Fsp3) is 0.300. The van der Waals surface area contributed by atoms with Crippen LogP contribution in [0.1, 0.15) is 53.1 Å². The number of aromatic nitrogens is 2. The Balaban J connectivity index is 1.92. The lowest BCUT2D eigenvalue weighted by molar-refractivity contribution is -0.385. The van der Waals surface area contributed by atoms with E-state index in [1.165, 1.54) is 6.07 Å². The maximum absolute atomic E-state index is 14.0. The number of methoxy groups -OCH3 is 1. The lowest BCUT2D eigenvalue weighted by atomic mass is 10.1. The predicted molar refractivity (Wildman–Crippen MR) is 150 cm³/mol. The van der Waals surface area contributed by atoms with Crippen LogP contribution in [0.3, 0.4) is 0 Å². The number of nitro groups is 1. The summed E-state index contributed by atoms with van der Waals surface area (Å²) in [4.78, 5) is 45.5. The van der Waals surface area contributed by atoms with Gasteiger partial charge < -0.3 is 9.64 Å². The van der Waals surface area contributed by atoms with E-state index in [4.69, 9.17) is 9.72 Å². The number of nitro benzene ring substituents is 1. The molecular formula is C30H32N4O5. The number of hydrogen-bond donors (Lipinski definition) is 0. The molecule has 0 radical (unpaired) electrons. The van der Waals surface area contributed by atoms with Crippen molar-refractivity contribution in [1.82, 2.24) is 14.5 Å². The number of aryl methyl sites for hydroxylation is 2. The summed E-state index contributed by atoms with van der Waals surface area (Å²) < 4.78 is 6.82. The van der Waals surface area contributed by atoms with Gasteiger partial charge in [0.15, 0.2) is 0 Å². The lowest BCUT2D eigenvalue weighted by Gasteiger charge is -2.32. The van der Waals surface area contributed by atoms with Gasteiger partial charge in [0.2, 0.25) is 0 Å². The molecule has 0 bridgehead atoms. The summed E-state index contributed by atoms with van der Waals surface area (Å²) in [5.74, 6) is 0.0522. The third-order valence-corrected chi connectivity index (χ3v) is 6.82. The number of amides is 1. The van der Waals surface area contributed by atoms with E-state index >= 15 is 0 Å². The van der Waals surface area contributed by atoms with Crippen LogP contribution in [0, 0.1) is 24.0 Å². The van der Waals surface area contributed by atoms with E-state index in [9.17, 15) is 19.7 Å². The van der Waals surface area contributed by atoms with Crippen LogP contribution in [0.5, 0.6) is 0 Å². The van der Waals surface area contributed by atoms with Crippen molar-refractivity contribution in [2.75, 3.05) is 20.3 Å². The second-order valence-corrected chi connectivity index (χ2v) is 9.49. The van der Waals surface area contributed by atoms with E-state index in [-0.39, 0.29) is 22.7 Å². The van der Waals surface area contributed by atoms with E-state index in [1.54, 1.807) is 53.8 Å². The van der Waals surface area contributed by atoms with Crippen molar-refractivity contribution < 1.29 is 14.5 Å². The smallest absolute Gasteiger partial charge is 0.273 e. The third-order valence-electron chi connectivity index (χ3n) is 6.82. The Morgan fingerprint density at radius 2 is 1.82 bits per heavy atom. The summed E-state index contributed by atoms with van der Waals surface area (Å²) in [5, 5.41) is 12.1.